The Balaban J connectivity index is 2.31. The Morgan fingerprint density at radius 3 is 3.00 bits per heavy atom. The highest BCUT2D eigenvalue weighted by atomic mass is 79.9. The number of rotatable bonds is 2. The number of carbonyl (C=O) groups is 1. The monoisotopic (exact) mass is 205 g/mol. The highest BCUT2D eigenvalue weighted by Gasteiger charge is 2.18. The molecule has 0 radical (unpaired) electrons. The molecule has 58 valence electrons. The number of alkyl halides is 1. The van der Waals surface area contributed by atoms with Gasteiger partial charge in [0.1, 0.15) is 5.78 Å². The highest BCUT2D eigenvalue weighted by molar-refractivity contribution is 9.09. The molecule has 0 spiro atoms. The highest BCUT2D eigenvalue weighted by Crippen LogP contribution is 2.11. The number of hydrogen-bond donors (Lipinski definition) is 1. The minimum absolute atomic E-state index is 0.271. The Bertz CT molecular complexity index is 121. The molecule has 0 aromatic carbocycles. The van der Waals surface area contributed by atoms with E-state index in [-0.39, 0.29) is 5.92 Å². The maximum absolute atomic E-state index is 11.1. The van der Waals surface area contributed by atoms with Gasteiger partial charge < -0.3 is 5.32 Å². The fraction of sp³-hybridized carbons (Fsp3) is 0.857. The molecule has 1 N–H and O–H groups in total. The van der Waals surface area contributed by atoms with Crippen LogP contribution in [0.1, 0.15) is 12.8 Å². The zero-order valence-corrected chi connectivity index (χ0v) is 7.49. The van der Waals surface area contributed by atoms with Crippen LogP contribution in [-0.4, -0.2) is 24.2 Å². The molecule has 0 aliphatic carbocycles. The largest absolute Gasteiger partial charge is 0.316 e. The van der Waals surface area contributed by atoms with Gasteiger partial charge in [-0.2, -0.15) is 0 Å². The molecule has 1 saturated heterocycles. The van der Waals surface area contributed by atoms with Crippen molar-refractivity contribution in [1.82, 2.24) is 5.32 Å². The van der Waals surface area contributed by atoms with Crippen LogP contribution in [0.25, 0.3) is 0 Å². The van der Waals surface area contributed by atoms with Crippen LogP contribution in [-0.2, 0) is 4.79 Å². The lowest BCUT2D eigenvalue weighted by molar-refractivity contribution is -0.120. The maximum Gasteiger partial charge on any atom is 0.147 e. The molecular weight excluding hydrogens is 194 g/mol. The molecule has 10 heavy (non-hydrogen) atoms. The lowest BCUT2D eigenvalue weighted by Crippen LogP contribution is -2.34. The molecule has 3 heteroatoms. The van der Waals surface area contributed by atoms with Crippen molar-refractivity contribution >= 4 is 21.7 Å². The molecule has 1 aliphatic rings. The van der Waals surface area contributed by atoms with E-state index >= 15 is 0 Å². The first-order chi connectivity index (χ1) is 4.84. The number of halogens is 1. The molecule has 0 amide bonds. The first-order valence-electron chi connectivity index (χ1n) is 3.64. The average Bonchev–Trinajstić information content (AvgIpc) is 2.05. The topological polar surface area (TPSA) is 29.1 Å². The van der Waals surface area contributed by atoms with Crippen molar-refractivity contribution in [3.05, 3.63) is 0 Å². The van der Waals surface area contributed by atoms with E-state index in [1.54, 1.807) is 0 Å². The van der Waals surface area contributed by atoms with Crippen molar-refractivity contribution in [3.8, 4) is 0 Å². The Morgan fingerprint density at radius 1 is 1.70 bits per heavy atom. The molecule has 1 aliphatic heterocycles. The van der Waals surface area contributed by atoms with Gasteiger partial charge in [0, 0.05) is 12.5 Å². The van der Waals surface area contributed by atoms with E-state index in [1.165, 1.54) is 0 Å². The SMILES string of the molecule is O=C(CBr)[C@H]1CCCNC1. The van der Waals surface area contributed by atoms with Crippen LogP contribution in [0, 0.1) is 5.92 Å². The zero-order chi connectivity index (χ0) is 7.40. The van der Waals surface area contributed by atoms with E-state index < -0.39 is 0 Å². The van der Waals surface area contributed by atoms with Crippen molar-refractivity contribution in [2.24, 2.45) is 5.92 Å². The van der Waals surface area contributed by atoms with Crippen molar-refractivity contribution in [2.45, 2.75) is 12.8 Å². The fourth-order valence-electron chi connectivity index (χ4n) is 1.24. The Kier molecular flexibility index (Phi) is 3.35. The summed E-state index contributed by atoms with van der Waals surface area (Å²) in [6.45, 7) is 1.95. The smallest absolute Gasteiger partial charge is 0.147 e. The number of Topliss-reactive ketones (excluding diaryl/α,β-unsaturated/α-hetero) is 1. The molecule has 1 fully saturated rings. The Morgan fingerprint density at radius 2 is 2.50 bits per heavy atom. The summed E-state index contributed by atoms with van der Waals surface area (Å²) in [6.07, 6.45) is 2.21. The quantitative estimate of drug-likeness (QED) is 0.681. The number of piperidine rings is 1. The molecule has 0 saturated carbocycles. The Labute approximate surface area is 69.5 Å². The summed E-state index contributed by atoms with van der Waals surface area (Å²) in [4.78, 5) is 11.1. The van der Waals surface area contributed by atoms with Gasteiger partial charge in [0.25, 0.3) is 0 Å². The molecule has 0 bridgehead atoms. The zero-order valence-electron chi connectivity index (χ0n) is 5.90. The van der Waals surface area contributed by atoms with Crippen molar-refractivity contribution < 1.29 is 4.79 Å². The summed E-state index contributed by atoms with van der Waals surface area (Å²) < 4.78 is 0. The number of carbonyl (C=O) groups excluding carboxylic acids is 1. The van der Waals surface area contributed by atoms with E-state index in [2.05, 4.69) is 21.2 Å². The number of nitrogens with one attached hydrogen (secondary N) is 1. The van der Waals surface area contributed by atoms with E-state index in [9.17, 15) is 4.79 Å². The third kappa shape index (κ3) is 2.06. The number of ketones is 1. The van der Waals surface area contributed by atoms with Crippen LogP contribution in [0.2, 0.25) is 0 Å². The summed E-state index contributed by atoms with van der Waals surface area (Å²) in [7, 11) is 0. The minimum Gasteiger partial charge on any atom is -0.316 e. The van der Waals surface area contributed by atoms with Gasteiger partial charge in [-0.05, 0) is 19.4 Å². The van der Waals surface area contributed by atoms with Gasteiger partial charge >= 0.3 is 0 Å². The summed E-state index contributed by atoms with van der Waals surface area (Å²) in [6, 6.07) is 0. The third-order valence-electron chi connectivity index (χ3n) is 1.88. The summed E-state index contributed by atoms with van der Waals surface area (Å²) in [5.74, 6) is 0.611. The van der Waals surface area contributed by atoms with Crippen molar-refractivity contribution in [3.63, 3.8) is 0 Å². The molecule has 0 unspecified atom stereocenters. The van der Waals surface area contributed by atoms with Crippen LogP contribution in [0.3, 0.4) is 0 Å². The lowest BCUT2D eigenvalue weighted by atomic mass is 9.96. The fourth-order valence-corrected chi connectivity index (χ4v) is 1.69. The predicted molar refractivity (Wildman–Crippen MR) is 44.4 cm³/mol. The van der Waals surface area contributed by atoms with Gasteiger partial charge in [0.2, 0.25) is 0 Å². The van der Waals surface area contributed by atoms with Crippen molar-refractivity contribution in [2.75, 3.05) is 18.4 Å². The molecule has 0 aromatic heterocycles. The molecule has 1 heterocycles. The molecule has 1 atom stereocenters. The van der Waals surface area contributed by atoms with Gasteiger partial charge in [0.15, 0.2) is 0 Å². The standard InChI is InChI=1S/C7H12BrNO/c8-4-7(10)6-2-1-3-9-5-6/h6,9H,1-5H2/t6-/m0/s1. The van der Waals surface area contributed by atoms with Crippen LogP contribution >= 0.6 is 15.9 Å². The van der Waals surface area contributed by atoms with Crippen LogP contribution in [0.4, 0.5) is 0 Å². The predicted octanol–water partition coefficient (Wildman–Crippen LogP) is 0.950. The van der Waals surface area contributed by atoms with Crippen LogP contribution in [0.5, 0.6) is 0 Å². The van der Waals surface area contributed by atoms with E-state index in [1.807, 2.05) is 0 Å². The normalized spacial score (nSPS) is 26.3. The molecular formula is C7H12BrNO. The summed E-state index contributed by atoms with van der Waals surface area (Å²) in [5, 5.41) is 3.72. The Hall–Kier alpha value is 0.110. The van der Waals surface area contributed by atoms with Gasteiger partial charge in [-0.25, -0.2) is 0 Å². The molecule has 2 nitrogen and oxygen atoms in total. The second-order valence-corrected chi connectivity index (χ2v) is 3.20. The van der Waals surface area contributed by atoms with Crippen LogP contribution < -0.4 is 5.32 Å². The van der Waals surface area contributed by atoms with E-state index in [0.717, 1.165) is 25.9 Å². The summed E-state index contributed by atoms with van der Waals surface area (Å²) in [5.41, 5.74) is 0. The third-order valence-corrected chi connectivity index (χ3v) is 2.44. The van der Waals surface area contributed by atoms with E-state index in [4.69, 9.17) is 0 Å². The molecule has 0 aromatic rings. The van der Waals surface area contributed by atoms with Gasteiger partial charge in [-0.1, -0.05) is 15.9 Å². The van der Waals surface area contributed by atoms with Crippen LogP contribution in [0.15, 0.2) is 0 Å². The van der Waals surface area contributed by atoms with Gasteiger partial charge in [0.05, 0.1) is 5.33 Å². The minimum atomic E-state index is 0.271. The van der Waals surface area contributed by atoms with Crippen molar-refractivity contribution in [1.29, 1.82) is 0 Å². The average molecular weight is 206 g/mol. The lowest BCUT2D eigenvalue weighted by Gasteiger charge is -2.20. The van der Waals surface area contributed by atoms with E-state index in [0.29, 0.717) is 11.1 Å². The second kappa shape index (κ2) is 4.09. The van der Waals surface area contributed by atoms with Gasteiger partial charge in [-0.15, -0.1) is 0 Å². The second-order valence-electron chi connectivity index (χ2n) is 2.64. The van der Waals surface area contributed by atoms with Gasteiger partial charge in [-0.3, -0.25) is 4.79 Å². The number of hydrogen-bond acceptors (Lipinski definition) is 2. The summed E-state index contributed by atoms with van der Waals surface area (Å²) >= 11 is 3.17. The molecule has 1 rings (SSSR count). The first kappa shape index (κ1) is 8.21. The first-order valence-corrected chi connectivity index (χ1v) is 4.76. The maximum atomic E-state index is 11.1.